The van der Waals surface area contributed by atoms with Crippen LogP contribution >= 0.6 is 11.6 Å². The van der Waals surface area contributed by atoms with E-state index in [4.69, 9.17) is 17.3 Å². The van der Waals surface area contributed by atoms with Gasteiger partial charge < -0.3 is 20.7 Å². The number of nitrogens with two attached hydrogens (primary N) is 1. The van der Waals surface area contributed by atoms with Gasteiger partial charge in [0.25, 0.3) is 0 Å². The van der Waals surface area contributed by atoms with Crippen molar-refractivity contribution in [3.63, 3.8) is 0 Å². The smallest absolute Gasteiger partial charge is 0.406 e. The van der Waals surface area contributed by atoms with Gasteiger partial charge in [-0.25, -0.2) is 0 Å². The minimum absolute atomic E-state index is 0.0464. The third-order valence-corrected chi connectivity index (χ3v) is 2.63. The number of hydrogen-bond donors (Lipinski definition) is 3. The van der Waals surface area contributed by atoms with Crippen LogP contribution in [0.4, 0.5) is 13.2 Å². The first-order valence-corrected chi connectivity index (χ1v) is 5.67. The second kappa shape index (κ2) is 6.29. The third-order valence-electron chi connectivity index (χ3n) is 2.30. The van der Waals surface area contributed by atoms with E-state index in [1.807, 2.05) is 0 Å². The molecule has 1 rings (SSSR count). The highest BCUT2D eigenvalue weighted by Gasteiger charge is 2.31. The molecule has 1 aromatic carbocycles. The normalized spacial score (nSPS) is 14.7. The van der Waals surface area contributed by atoms with Gasteiger partial charge in [0.15, 0.2) is 0 Å². The van der Waals surface area contributed by atoms with Crippen molar-refractivity contribution in [3.05, 3.63) is 28.8 Å². The van der Waals surface area contributed by atoms with Crippen molar-refractivity contribution in [2.24, 2.45) is 5.73 Å². The first-order valence-electron chi connectivity index (χ1n) is 5.30. The predicted octanol–water partition coefficient (Wildman–Crippen LogP) is 1.51. The molecule has 5 nitrogen and oxygen atoms in total. The fourth-order valence-corrected chi connectivity index (χ4v) is 1.75. The van der Waals surface area contributed by atoms with Gasteiger partial charge in [-0.2, -0.15) is 0 Å². The molecule has 0 bridgehead atoms. The molecule has 0 aliphatic rings. The van der Waals surface area contributed by atoms with Crippen molar-refractivity contribution < 1.29 is 32.9 Å². The van der Waals surface area contributed by atoms with Gasteiger partial charge in [0.05, 0.1) is 17.5 Å². The lowest BCUT2D eigenvalue weighted by Crippen LogP contribution is -2.25. The largest absolute Gasteiger partial charge is 0.573 e. The van der Waals surface area contributed by atoms with Crippen LogP contribution in [0.1, 0.15) is 18.1 Å². The molecule has 112 valence electrons. The fourth-order valence-electron chi connectivity index (χ4n) is 1.47. The van der Waals surface area contributed by atoms with E-state index in [0.717, 1.165) is 18.2 Å². The van der Waals surface area contributed by atoms with E-state index in [1.54, 1.807) is 0 Å². The highest BCUT2D eigenvalue weighted by molar-refractivity contribution is 6.31. The average Bonchev–Trinajstić information content (AvgIpc) is 2.25. The maximum absolute atomic E-state index is 12.0. The zero-order valence-corrected chi connectivity index (χ0v) is 10.6. The van der Waals surface area contributed by atoms with Gasteiger partial charge in [-0.1, -0.05) is 17.7 Å². The monoisotopic (exact) mass is 313 g/mol. The maximum atomic E-state index is 12.0. The van der Waals surface area contributed by atoms with Gasteiger partial charge >= 0.3 is 6.36 Å². The number of hydrogen-bond acceptors (Lipinski definition) is 4. The molecule has 0 saturated heterocycles. The number of carbonyl (C=O) groups excluding carboxylic acids is 1. The fraction of sp³-hybridized carbons (Fsp3) is 0.364. The molecule has 1 aromatic rings. The molecule has 0 spiro atoms. The molecule has 4 N–H and O–H groups in total. The van der Waals surface area contributed by atoms with Crippen LogP contribution in [0.2, 0.25) is 5.02 Å². The van der Waals surface area contributed by atoms with Gasteiger partial charge in [0.2, 0.25) is 5.91 Å². The Bertz CT molecular complexity index is 495. The quantitative estimate of drug-likeness (QED) is 0.768. The minimum atomic E-state index is -4.87. The number of aliphatic hydroxyl groups is 2. The summed E-state index contributed by atoms with van der Waals surface area (Å²) in [5.41, 5.74) is 4.81. The van der Waals surface area contributed by atoms with Crippen molar-refractivity contribution in [3.8, 4) is 5.75 Å². The van der Waals surface area contributed by atoms with E-state index in [1.165, 1.54) is 0 Å². The summed E-state index contributed by atoms with van der Waals surface area (Å²) in [6, 6.07) is 2.82. The van der Waals surface area contributed by atoms with Crippen molar-refractivity contribution in [2.45, 2.75) is 25.0 Å². The van der Waals surface area contributed by atoms with Crippen LogP contribution in [0.3, 0.4) is 0 Å². The summed E-state index contributed by atoms with van der Waals surface area (Å²) in [5, 5.41) is 19.0. The first-order chi connectivity index (χ1) is 9.10. The molecule has 0 aliphatic heterocycles. The van der Waals surface area contributed by atoms with E-state index < -0.39 is 36.6 Å². The molecule has 9 heteroatoms. The van der Waals surface area contributed by atoms with Crippen LogP contribution in [0, 0.1) is 0 Å². The van der Waals surface area contributed by atoms with Crippen LogP contribution in [-0.4, -0.2) is 28.6 Å². The topological polar surface area (TPSA) is 92.8 Å². The predicted molar refractivity (Wildman–Crippen MR) is 62.9 cm³/mol. The number of aliphatic hydroxyl groups excluding tert-OH is 2. The lowest BCUT2D eigenvalue weighted by atomic mass is 10.0. The van der Waals surface area contributed by atoms with Crippen LogP contribution < -0.4 is 10.5 Å². The second-order valence-electron chi connectivity index (χ2n) is 3.91. The summed E-state index contributed by atoms with van der Waals surface area (Å²) in [7, 11) is 0. The average molecular weight is 314 g/mol. The number of alkyl halides is 3. The lowest BCUT2D eigenvalue weighted by Gasteiger charge is -2.18. The zero-order valence-electron chi connectivity index (χ0n) is 9.89. The number of primary amides is 1. The molecule has 0 fully saturated rings. The highest BCUT2D eigenvalue weighted by Crippen LogP contribution is 2.32. The Morgan fingerprint density at radius 2 is 2.00 bits per heavy atom. The minimum Gasteiger partial charge on any atom is -0.406 e. The Morgan fingerprint density at radius 1 is 1.40 bits per heavy atom. The van der Waals surface area contributed by atoms with Crippen molar-refractivity contribution in [2.75, 3.05) is 0 Å². The van der Waals surface area contributed by atoms with Crippen LogP contribution in [0.15, 0.2) is 18.2 Å². The van der Waals surface area contributed by atoms with Crippen LogP contribution in [0.25, 0.3) is 0 Å². The van der Waals surface area contributed by atoms with Gasteiger partial charge in [-0.15, -0.1) is 13.2 Å². The molecule has 20 heavy (non-hydrogen) atoms. The summed E-state index contributed by atoms with van der Waals surface area (Å²) in [6.45, 7) is 0. The summed E-state index contributed by atoms with van der Waals surface area (Å²) < 4.78 is 39.6. The molecule has 0 radical (unpaired) electrons. The Morgan fingerprint density at radius 3 is 2.45 bits per heavy atom. The first kappa shape index (κ1) is 16.5. The molecule has 1 amide bonds. The number of benzene rings is 1. The van der Waals surface area contributed by atoms with Crippen molar-refractivity contribution in [1.29, 1.82) is 0 Å². The molecule has 0 aromatic heterocycles. The summed E-state index contributed by atoms with van der Waals surface area (Å²) >= 11 is 5.70. The Kier molecular flexibility index (Phi) is 5.21. The molecular formula is C11H11ClF3NO4. The van der Waals surface area contributed by atoms with Crippen molar-refractivity contribution in [1.82, 2.24) is 0 Å². The second-order valence-corrected chi connectivity index (χ2v) is 4.32. The van der Waals surface area contributed by atoms with E-state index >= 15 is 0 Å². The highest BCUT2D eigenvalue weighted by atomic mass is 35.5. The molecule has 0 heterocycles. The lowest BCUT2D eigenvalue weighted by molar-refractivity contribution is -0.274. The number of carbonyl (C=O) groups is 1. The van der Waals surface area contributed by atoms with E-state index in [-0.39, 0.29) is 10.6 Å². The SMILES string of the molecule is NC(=O)CC(O)C(O)c1ccc(OC(F)(F)F)cc1Cl. The molecular weight excluding hydrogens is 303 g/mol. The Hall–Kier alpha value is -1.51. The van der Waals surface area contributed by atoms with Crippen LogP contribution in [0.5, 0.6) is 5.75 Å². The molecule has 2 unspecified atom stereocenters. The number of ether oxygens (including phenoxy) is 1. The third kappa shape index (κ3) is 4.87. The number of amides is 1. The zero-order chi connectivity index (χ0) is 15.5. The van der Waals surface area contributed by atoms with Gasteiger partial charge in [-0.05, 0) is 12.1 Å². The standard InChI is InChI=1S/C11H11ClF3NO4/c12-7-3-5(20-11(13,14)15)1-2-6(7)10(19)8(17)4-9(16)18/h1-3,8,10,17,19H,4H2,(H2,16,18). The summed E-state index contributed by atoms with van der Waals surface area (Å²) in [4.78, 5) is 10.6. The van der Waals surface area contributed by atoms with E-state index in [9.17, 15) is 28.2 Å². The van der Waals surface area contributed by atoms with Crippen molar-refractivity contribution >= 4 is 17.5 Å². The molecule has 0 aliphatic carbocycles. The summed E-state index contributed by atoms with van der Waals surface area (Å²) in [6.07, 6.45) is -8.46. The Balaban J connectivity index is 2.90. The maximum Gasteiger partial charge on any atom is 0.573 e. The van der Waals surface area contributed by atoms with E-state index in [2.05, 4.69) is 4.74 Å². The Labute approximate surface area is 116 Å². The van der Waals surface area contributed by atoms with Gasteiger partial charge in [0, 0.05) is 5.56 Å². The number of rotatable bonds is 5. The summed E-state index contributed by atoms with van der Waals surface area (Å²) in [5.74, 6) is -1.41. The number of halogens is 4. The van der Waals surface area contributed by atoms with Crippen LogP contribution in [-0.2, 0) is 4.79 Å². The molecule has 2 atom stereocenters. The van der Waals surface area contributed by atoms with Gasteiger partial charge in [0.1, 0.15) is 11.9 Å². The van der Waals surface area contributed by atoms with Gasteiger partial charge in [-0.3, -0.25) is 4.79 Å². The molecule has 0 saturated carbocycles. The van der Waals surface area contributed by atoms with E-state index in [0.29, 0.717) is 0 Å².